The van der Waals surface area contributed by atoms with Crippen LogP contribution >= 0.6 is 12.4 Å². The lowest BCUT2D eigenvalue weighted by Gasteiger charge is -2.29. The summed E-state index contributed by atoms with van der Waals surface area (Å²) in [7, 11) is -3.59. The fraction of sp³-hybridized carbons (Fsp3) is 0.529. The third-order valence-corrected chi connectivity index (χ3v) is 5.89. The van der Waals surface area contributed by atoms with Gasteiger partial charge in [0.2, 0.25) is 5.91 Å². The van der Waals surface area contributed by atoms with E-state index < -0.39 is 16.1 Å². The van der Waals surface area contributed by atoms with Crippen molar-refractivity contribution in [3.8, 4) is 0 Å². The molecule has 7 nitrogen and oxygen atoms in total. The molecule has 0 spiro atoms. The van der Waals surface area contributed by atoms with Crippen LogP contribution in [-0.4, -0.2) is 57.3 Å². The molecule has 1 amide bonds. The molecule has 1 fully saturated rings. The first kappa shape index (κ1) is 20.7. The average molecular weight is 401 g/mol. The number of nitrogens with one attached hydrogen (secondary N) is 2. The van der Waals surface area contributed by atoms with Crippen LogP contribution in [-0.2, 0) is 14.8 Å². The number of fused-ring (bicyclic) bond motifs is 1. The van der Waals surface area contributed by atoms with Crippen molar-refractivity contribution in [2.24, 2.45) is 4.99 Å². The van der Waals surface area contributed by atoms with E-state index in [2.05, 4.69) is 22.0 Å². The van der Waals surface area contributed by atoms with Crippen LogP contribution < -0.4 is 10.0 Å². The molecule has 1 atom stereocenters. The van der Waals surface area contributed by atoms with Gasteiger partial charge in [0.15, 0.2) is 0 Å². The smallest absolute Gasteiger partial charge is 0.263 e. The van der Waals surface area contributed by atoms with Crippen molar-refractivity contribution in [3.63, 3.8) is 0 Å². The van der Waals surface area contributed by atoms with E-state index in [1.165, 1.54) is 0 Å². The zero-order valence-electron chi connectivity index (χ0n) is 14.8. The van der Waals surface area contributed by atoms with Gasteiger partial charge in [-0.2, -0.15) is 0 Å². The molecule has 2 N–H and O–H groups in total. The highest BCUT2D eigenvalue weighted by atomic mass is 35.5. The topological polar surface area (TPSA) is 90.9 Å². The predicted molar refractivity (Wildman–Crippen MR) is 103 cm³/mol. The van der Waals surface area contributed by atoms with Crippen molar-refractivity contribution in [2.75, 3.05) is 26.2 Å². The van der Waals surface area contributed by atoms with Gasteiger partial charge in [0.25, 0.3) is 10.0 Å². The summed E-state index contributed by atoms with van der Waals surface area (Å²) in [6, 6.07) is 6.18. The molecule has 1 aromatic rings. The molecule has 3 rings (SSSR count). The number of sulfonamides is 1. The Labute approximate surface area is 160 Å². The molecular weight excluding hydrogens is 376 g/mol. The Morgan fingerprint density at radius 1 is 1.27 bits per heavy atom. The number of piperazine rings is 1. The van der Waals surface area contributed by atoms with Crippen molar-refractivity contribution < 1.29 is 13.2 Å². The van der Waals surface area contributed by atoms with Crippen LogP contribution in [0.5, 0.6) is 0 Å². The van der Waals surface area contributed by atoms with Gasteiger partial charge in [0.1, 0.15) is 11.9 Å². The molecule has 0 aromatic heterocycles. The predicted octanol–water partition coefficient (Wildman–Crippen LogP) is 1.14. The van der Waals surface area contributed by atoms with Crippen molar-refractivity contribution >= 4 is 34.2 Å². The number of amidine groups is 1. The highest BCUT2D eigenvalue weighted by Crippen LogP contribution is 2.23. The van der Waals surface area contributed by atoms with Gasteiger partial charge in [-0.15, -0.1) is 12.4 Å². The lowest BCUT2D eigenvalue weighted by molar-refractivity contribution is -0.133. The SMILES string of the molecule is CCCCC(N=C1NS(=O)(=O)c2ccccc21)C(=O)N1CCNCC1.Cl. The van der Waals surface area contributed by atoms with Gasteiger partial charge in [-0.3, -0.25) is 14.5 Å². The van der Waals surface area contributed by atoms with Crippen LogP contribution in [0, 0.1) is 0 Å². The summed E-state index contributed by atoms with van der Waals surface area (Å²) >= 11 is 0. The number of hydrogen-bond acceptors (Lipinski definition) is 5. The van der Waals surface area contributed by atoms with Gasteiger partial charge in [0, 0.05) is 31.7 Å². The van der Waals surface area contributed by atoms with E-state index in [-0.39, 0.29) is 29.0 Å². The quantitative estimate of drug-likeness (QED) is 0.775. The van der Waals surface area contributed by atoms with Crippen molar-refractivity contribution in [1.29, 1.82) is 0 Å². The van der Waals surface area contributed by atoms with E-state index in [1.54, 1.807) is 24.3 Å². The summed E-state index contributed by atoms with van der Waals surface area (Å²) in [6.45, 7) is 4.94. The third-order valence-electron chi connectivity index (χ3n) is 4.49. The maximum atomic E-state index is 12.9. The van der Waals surface area contributed by atoms with Gasteiger partial charge in [-0.25, -0.2) is 8.42 Å². The molecule has 144 valence electrons. The molecule has 2 heterocycles. The number of amides is 1. The first-order chi connectivity index (χ1) is 12.0. The van der Waals surface area contributed by atoms with Crippen LogP contribution in [0.1, 0.15) is 31.7 Å². The van der Waals surface area contributed by atoms with Gasteiger partial charge in [0.05, 0.1) is 4.90 Å². The van der Waals surface area contributed by atoms with E-state index in [9.17, 15) is 13.2 Å². The van der Waals surface area contributed by atoms with Crippen molar-refractivity contribution in [2.45, 2.75) is 37.1 Å². The van der Waals surface area contributed by atoms with Crippen molar-refractivity contribution in [1.82, 2.24) is 14.9 Å². The Hall–Kier alpha value is -1.64. The molecule has 2 aliphatic rings. The number of hydrogen-bond donors (Lipinski definition) is 2. The Kier molecular flexibility index (Phi) is 7.02. The maximum absolute atomic E-state index is 12.9. The van der Waals surface area contributed by atoms with E-state index in [0.717, 1.165) is 25.9 Å². The number of rotatable bonds is 5. The van der Waals surface area contributed by atoms with E-state index in [1.807, 2.05) is 4.90 Å². The molecule has 9 heteroatoms. The lowest BCUT2D eigenvalue weighted by Crippen LogP contribution is -2.49. The Morgan fingerprint density at radius 2 is 1.96 bits per heavy atom. The summed E-state index contributed by atoms with van der Waals surface area (Å²) in [5.74, 6) is 0.256. The first-order valence-electron chi connectivity index (χ1n) is 8.72. The molecule has 0 aliphatic carbocycles. The van der Waals surface area contributed by atoms with E-state index >= 15 is 0 Å². The Bertz CT molecular complexity index is 776. The minimum Gasteiger partial charge on any atom is -0.338 e. The average Bonchev–Trinajstić information content (AvgIpc) is 2.89. The second kappa shape index (κ2) is 8.83. The van der Waals surface area contributed by atoms with Gasteiger partial charge >= 0.3 is 0 Å². The molecule has 1 saturated heterocycles. The fourth-order valence-electron chi connectivity index (χ4n) is 3.12. The summed E-state index contributed by atoms with van der Waals surface area (Å²) in [5, 5.41) is 3.23. The number of carbonyl (C=O) groups excluding carboxylic acids is 1. The number of benzene rings is 1. The number of nitrogens with zero attached hydrogens (tertiary/aromatic N) is 2. The van der Waals surface area contributed by atoms with E-state index in [4.69, 9.17) is 0 Å². The molecule has 26 heavy (non-hydrogen) atoms. The summed E-state index contributed by atoms with van der Waals surface area (Å²) < 4.78 is 27.0. The second-order valence-electron chi connectivity index (χ2n) is 6.31. The number of halogens is 1. The minimum atomic E-state index is -3.59. The molecule has 2 aliphatic heterocycles. The Morgan fingerprint density at radius 3 is 2.65 bits per heavy atom. The molecule has 0 bridgehead atoms. The zero-order valence-corrected chi connectivity index (χ0v) is 16.4. The zero-order chi connectivity index (χ0) is 17.9. The molecule has 1 unspecified atom stereocenters. The van der Waals surface area contributed by atoms with Crippen LogP contribution in [0.3, 0.4) is 0 Å². The van der Waals surface area contributed by atoms with Crippen LogP contribution in [0.4, 0.5) is 0 Å². The van der Waals surface area contributed by atoms with E-state index in [0.29, 0.717) is 25.1 Å². The highest BCUT2D eigenvalue weighted by Gasteiger charge is 2.32. The summed E-state index contributed by atoms with van der Waals surface area (Å²) in [4.78, 5) is 19.5. The lowest BCUT2D eigenvalue weighted by atomic mass is 10.1. The summed E-state index contributed by atoms with van der Waals surface area (Å²) in [6.07, 6.45) is 2.44. The molecular formula is C17H25ClN4O3S. The largest absolute Gasteiger partial charge is 0.338 e. The molecule has 0 radical (unpaired) electrons. The molecule has 0 saturated carbocycles. The van der Waals surface area contributed by atoms with Gasteiger partial charge in [-0.05, 0) is 18.6 Å². The van der Waals surface area contributed by atoms with Crippen LogP contribution in [0.15, 0.2) is 34.2 Å². The van der Waals surface area contributed by atoms with Crippen LogP contribution in [0.25, 0.3) is 0 Å². The number of carbonyl (C=O) groups is 1. The number of unbranched alkanes of at least 4 members (excludes halogenated alkanes) is 1. The Balaban J connectivity index is 0.00000243. The first-order valence-corrected chi connectivity index (χ1v) is 10.2. The standard InChI is InChI=1S/C17H24N4O3S.ClH/c1-2-3-7-14(17(22)21-11-9-18-10-12-21)19-16-13-6-4-5-8-15(13)25(23,24)20-16;/h4-6,8,14,18H,2-3,7,9-12H2,1H3,(H,19,20);1H. The van der Waals surface area contributed by atoms with Crippen molar-refractivity contribution in [3.05, 3.63) is 29.8 Å². The normalized spacial score (nSPS) is 20.8. The number of aliphatic imine (C=N–C) groups is 1. The monoisotopic (exact) mass is 400 g/mol. The highest BCUT2D eigenvalue weighted by molar-refractivity contribution is 7.90. The van der Waals surface area contributed by atoms with Gasteiger partial charge in [-0.1, -0.05) is 31.9 Å². The van der Waals surface area contributed by atoms with Gasteiger partial charge < -0.3 is 10.2 Å². The third kappa shape index (κ3) is 4.36. The second-order valence-corrected chi connectivity index (χ2v) is 7.96. The van der Waals surface area contributed by atoms with Crippen LogP contribution in [0.2, 0.25) is 0 Å². The minimum absolute atomic E-state index is 0. The fourth-order valence-corrected chi connectivity index (χ4v) is 4.36. The summed E-state index contributed by atoms with van der Waals surface area (Å²) in [5.41, 5.74) is 0.539. The maximum Gasteiger partial charge on any atom is 0.263 e. The molecule has 1 aromatic carbocycles.